The first kappa shape index (κ1) is 19.0. The predicted octanol–water partition coefficient (Wildman–Crippen LogP) is 4.78. The molecular formula is C19H25NO2S2. The van der Waals surface area contributed by atoms with E-state index in [0.717, 1.165) is 22.4 Å². The first-order valence-electron chi connectivity index (χ1n) is 7.91. The summed E-state index contributed by atoms with van der Waals surface area (Å²) in [7, 11) is 1.72. The van der Waals surface area contributed by atoms with Crippen LogP contribution in [0.2, 0.25) is 0 Å². The van der Waals surface area contributed by atoms with Gasteiger partial charge in [-0.1, -0.05) is 65.5 Å². The molecule has 0 spiro atoms. The Bertz CT molecular complexity index is 687. The molecule has 1 saturated heterocycles. The monoisotopic (exact) mass is 363 g/mol. The minimum Gasteiger partial charge on any atom is -0.496 e. The number of amides is 1. The smallest absolute Gasteiger partial charge is 0.263 e. The highest BCUT2D eigenvalue weighted by molar-refractivity contribution is 8.26. The molecule has 0 atom stereocenters. The molecule has 24 heavy (non-hydrogen) atoms. The van der Waals surface area contributed by atoms with Crippen LogP contribution in [0.25, 0.3) is 6.08 Å². The molecule has 1 amide bonds. The van der Waals surface area contributed by atoms with Crippen molar-refractivity contribution in [2.24, 2.45) is 0 Å². The predicted molar refractivity (Wildman–Crippen MR) is 107 cm³/mol. The Labute approximate surface area is 154 Å². The number of rotatable bonds is 2. The Balaban J connectivity index is 2.68. The number of carbonyl (C=O) groups excluding carboxylic acids is 1. The summed E-state index contributed by atoms with van der Waals surface area (Å²) >= 11 is 6.38. The quantitative estimate of drug-likeness (QED) is 0.606. The van der Waals surface area contributed by atoms with E-state index in [9.17, 15) is 4.79 Å². The van der Waals surface area contributed by atoms with E-state index in [2.05, 4.69) is 59.0 Å². The Hall–Kier alpha value is -1.33. The van der Waals surface area contributed by atoms with E-state index in [1.807, 2.05) is 6.08 Å². The summed E-state index contributed by atoms with van der Waals surface area (Å²) in [6.07, 6.45) is 1.91. The molecule has 0 bridgehead atoms. The summed E-state index contributed by atoms with van der Waals surface area (Å²) in [5, 5.41) is 2.66. The van der Waals surface area contributed by atoms with Crippen molar-refractivity contribution in [1.29, 1.82) is 0 Å². The third-order valence-electron chi connectivity index (χ3n) is 3.87. The molecule has 5 heteroatoms. The van der Waals surface area contributed by atoms with E-state index in [0.29, 0.717) is 9.23 Å². The second-order valence-corrected chi connectivity index (χ2v) is 9.72. The molecule has 0 aliphatic carbocycles. The van der Waals surface area contributed by atoms with Crippen molar-refractivity contribution in [3.63, 3.8) is 0 Å². The van der Waals surface area contributed by atoms with Gasteiger partial charge in [-0.15, -0.1) is 0 Å². The van der Waals surface area contributed by atoms with Crippen molar-refractivity contribution in [3.8, 4) is 5.75 Å². The number of hydrogen-bond donors (Lipinski definition) is 1. The van der Waals surface area contributed by atoms with E-state index < -0.39 is 0 Å². The van der Waals surface area contributed by atoms with E-state index >= 15 is 0 Å². The van der Waals surface area contributed by atoms with Crippen LogP contribution in [-0.2, 0) is 15.6 Å². The van der Waals surface area contributed by atoms with Gasteiger partial charge in [-0.3, -0.25) is 4.79 Å². The van der Waals surface area contributed by atoms with Crippen LogP contribution in [0, 0.1) is 0 Å². The lowest BCUT2D eigenvalue weighted by molar-refractivity contribution is -0.115. The Morgan fingerprint density at radius 1 is 1.08 bits per heavy atom. The van der Waals surface area contributed by atoms with E-state index in [4.69, 9.17) is 17.0 Å². The lowest BCUT2D eigenvalue weighted by Gasteiger charge is -2.29. The van der Waals surface area contributed by atoms with Gasteiger partial charge in [-0.25, -0.2) is 0 Å². The van der Waals surface area contributed by atoms with Gasteiger partial charge in [-0.05, 0) is 34.6 Å². The Morgan fingerprint density at radius 2 is 1.58 bits per heavy atom. The molecule has 1 N–H and O–H groups in total. The molecule has 1 aliphatic heterocycles. The summed E-state index contributed by atoms with van der Waals surface area (Å²) in [6, 6.07) is 4.21. The molecule has 1 aromatic rings. The van der Waals surface area contributed by atoms with Crippen LogP contribution in [0.4, 0.5) is 0 Å². The maximum atomic E-state index is 12.0. The van der Waals surface area contributed by atoms with Crippen molar-refractivity contribution in [3.05, 3.63) is 33.7 Å². The van der Waals surface area contributed by atoms with E-state index in [1.165, 1.54) is 11.8 Å². The maximum absolute atomic E-state index is 12.0. The van der Waals surface area contributed by atoms with Crippen molar-refractivity contribution in [2.45, 2.75) is 52.4 Å². The first-order valence-corrected chi connectivity index (χ1v) is 9.14. The normalized spacial score (nSPS) is 17.4. The summed E-state index contributed by atoms with van der Waals surface area (Å²) in [5.41, 5.74) is 3.12. The van der Waals surface area contributed by atoms with Crippen molar-refractivity contribution in [2.75, 3.05) is 7.11 Å². The fraction of sp³-hybridized carbons (Fsp3) is 0.474. The average Bonchev–Trinajstić information content (AvgIpc) is 2.74. The summed E-state index contributed by atoms with van der Waals surface area (Å²) in [4.78, 5) is 12.6. The number of hydrogen-bond acceptors (Lipinski definition) is 4. The highest BCUT2D eigenvalue weighted by atomic mass is 32.2. The molecule has 1 aromatic carbocycles. The number of ether oxygens (including phenoxy) is 1. The van der Waals surface area contributed by atoms with Gasteiger partial charge >= 0.3 is 0 Å². The standard InChI is InChI=1S/C19H25NO2S2/c1-18(2,3)12-8-11(10-14-16(21)20-17(23)24-14)9-13(15(12)22-7)19(4,5)6/h8-10H,1-7H3,(H,20,21,23)/b14-10-. The SMILES string of the molecule is COc1c(C(C)(C)C)cc(/C=C2\SC(=S)NC2=O)cc1C(C)(C)C. The highest BCUT2D eigenvalue weighted by Crippen LogP contribution is 2.41. The van der Waals surface area contributed by atoms with Crippen LogP contribution in [0.15, 0.2) is 17.0 Å². The molecule has 0 saturated carbocycles. The number of carbonyl (C=O) groups is 1. The molecule has 130 valence electrons. The molecule has 0 aromatic heterocycles. The summed E-state index contributed by atoms with van der Waals surface area (Å²) in [6.45, 7) is 13.0. The second kappa shape index (κ2) is 6.52. The van der Waals surface area contributed by atoms with Gasteiger partial charge in [0.2, 0.25) is 0 Å². The summed E-state index contributed by atoms with van der Waals surface area (Å²) < 4.78 is 6.27. The van der Waals surface area contributed by atoms with Crippen molar-refractivity contribution < 1.29 is 9.53 Å². The molecule has 3 nitrogen and oxygen atoms in total. The van der Waals surface area contributed by atoms with Crippen LogP contribution in [-0.4, -0.2) is 17.3 Å². The minimum absolute atomic E-state index is 0.0692. The van der Waals surface area contributed by atoms with E-state index in [1.54, 1.807) is 7.11 Å². The maximum Gasteiger partial charge on any atom is 0.263 e. The van der Waals surface area contributed by atoms with Gasteiger partial charge in [0.15, 0.2) is 0 Å². The number of thiocarbonyl (C=S) groups is 1. The van der Waals surface area contributed by atoms with Crippen LogP contribution in [0.5, 0.6) is 5.75 Å². The highest BCUT2D eigenvalue weighted by Gasteiger charge is 2.28. The van der Waals surface area contributed by atoms with Crippen molar-refractivity contribution in [1.82, 2.24) is 5.32 Å². The zero-order valence-corrected chi connectivity index (χ0v) is 17.0. The Morgan fingerprint density at radius 3 is 1.92 bits per heavy atom. The number of nitrogens with one attached hydrogen (secondary N) is 1. The molecule has 0 unspecified atom stereocenters. The molecule has 1 aliphatic rings. The van der Waals surface area contributed by atoms with Crippen LogP contribution in [0.1, 0.15) is 58.2 Å². The molecule has 1 heterocycles. The largest absolute Gasteiger partial charge is 0.496 e. The van der Waals surface area contributed by atoms with Gasteiger partial charge < -0.3 is 10.1 Å². The molecule has 1 fully saturated rings. The topological polar surface area (TPSA) is 38.3 Å². The van der Waals surface area contributed by atoms with Crippen molar-refractivity contribution >= 4 is 40.3 Å². The zero-order chi connectivity index (χ0) is 18.3. The number of benzene rings is 1. The fourth-order valence-electron chi connectivity index (χ4n) is 2.64. The van der Waals surface area contributed by atoms with Gasteiger partial charge in [0.05, 0.1) is 12.0 Å². The minimum atomic E-state index is -0.129. The van der Waals surface area contributed by atoms with Crippen LogP contribution in [0.3, 0.4) is 0 Å². The number of thioether (sulfide) groups is 1. The lowest BCUT2D eigenvalue weighted by Crippen LogP contribution is -2.19. The molecular weight excluding hydrogens is 338 g/mol. The van der Waals surface area contributed by atoms with Gasteiger partial charge in [0, 0.05) is 11.1 Å². The third kappa shape index (κ3) is 4.01. The average molecular weight is 364 g/mol. The van der Waals surface area contributed by atoms with Crippen LogP contribution < -0.4 is 10.1 Å². The van der Waals surface area contributed by atoms with Gasteiger partial charge in [-0.2, -0.15) is 0 Å². The fourth-order valence-corrected chi connectivity index (χ4v) is 3.69. The summed E-state index contributed by atoms with van der Waals surface area (Å²) in [5.74, 6) is 0.798. The first-order chi connectivity index (χ1) is 10.9. The number of methoxy groups -OCH3 is 1. The lowest BCUT2D eigenvalue weighted by atomic mass is 9.78. The Kier molecular flexibility index (Phi) is 5.17. The zero-order valence-electron chi connectivity index (χ0n) is 15.4. The van der Waals surface area contributed by atoms with Crippen LogP contribution >= 0.6 is 24.0 Å². The van der Waals surface area contributed by atoms with Gasteiger partial charge in [0.25, 0.3) is 5.91 Å². The molecule has 2 rings (SSSR count). The van der Waals surface area contributed by atoms with Gasteiger partial charge in [0.1, 0.15) is 10.1 Å². The second-order valence-electron chi connectivity index (χ2n) is 8.00. The molecule has 0 radical (unpaired) electrons. The third-order valence-corrected chi connectivity index (χ3v) is 5.03. The van der Waals surface area contributed by atoms with E-state index in [-0.39, 0.29) is 16.7 Å².